The third kappa shape index (κ3) is 4.45. The summed E-state index contributed by atoms with van der Waals surface area (Å²) in [6.45, 7) is 5.10. The molecule has 2 aromatic rings. The number of piperidine rings is 1. The fourth-order valence-corrected chi connectivity index (χ4v) is 3.47. The fraction of sp³-hybridized carbons (Fsp3) is 0.421. The number of carbonyl (C=O) groups is 1. The monoisotopic (exact) mass is 408 g/mol. The van der Waals surface area contributed by atoms with Crippen LogP contribution in [0.4, 0.5) is 5.69 Å². The predicted molar refractivity (Wildman–Crippen MR) is 108 cm³/mol. The van der Waals surface area contributed by atoms with Crippen LogP contribution in [0.1, 0.15) is 26.7 Å². The quantitative estimate of drug-likeness (QED) is 0.842. The molecule has 144 valence electrons. The minimum Gasteiger partial charge on any atom is -0.367 e. The SMILES string of the molecule is CC(C)C(=O)NC1CCCN(c2cnn(-c3ccc(Cl)cc3)c(=O)c2Cl)C1. The minimum absolute atomic E-state index is 0.0309. The molecule has 1 aromatic carbocycles. The summed E-state index contributed by atoms with van der Waals surface area (Å²) in [5, 5.41) is 8.03. The Kier molecular flexibility index (Phi) is 6.07. The number of anilines is 1. The molecule has 0 aliphatic carbocycles. The van der Waals surface area contributed by atoms with E-state index < -0.39 is 0 Å². The van der Waals surface area contributed by atoms with E-state index in [4.69, 9.17) is 23.2 Å². The minimum atomic E-state index is -0.384. The summed E-state index contributed by atoms with van der Waals surface area (Å²) in [5.74, 6) is -0.0295. The number of carbonyl (C=O) groups excluding carboxylic acids is 1. The number of halogens is 2. The Morgan fingerprint density at radius 3 is 2.63 bits per heavy atom. The van der Waals surface area contributed by atoms with Crippen LogP contribution in [0.15, 0.2) is 35.3 Å². The molecule has 1 saturated heterocycles. The molecule has 2 heterocycles. The predicted octanol–water partition coefficient (Wildman–Crippen LogP) is 3.28. The van der Waals surface area contributed by atoms with Crippen LogP contribution in [0.25, 0.3) is 5.69 Å². The van der Waals surface area contributed by atoms with E-state index in [1.807, 2.05) is 18.7 Å². The molecule has 1 amide bonds. The molecule has 0 saturated carbocycles. The van der Waals surface area contributed by atoms with E-state index in [0.29, 0.717) is 22.9 Å². The lowest BCUT2D eigenvalue weighted by Crippen LogP contribution is -2.49. The Bertz CT molecular complexity index is 880. The van der Waals surface area contributed by atoms with Crippen molar-refractivity contribution >= 4 is 34.8 Å². The first-order valence-electron chi connectivity index (χ1n) is 8.96. The zero-order valence-corrected chi connectivity index (χ0v) is 16.8. The molecule has 1 unspecified atom stereocenters. The van der Waals surface area contributed by atoms with Crippen LogP contribution in [0, 0.1) is 5.92 Å². The first-order valence-corrected chi connectivity index (χ1v) is 9.71. The van der Waals surface area contributed by atoms with Gasteiger partial charge >= 0.3 is 0 Å². The highest BCUT2D eigenvalue weighted by Crippen LogP contribution is 2.25. The molecule has 0 spiro atoms. The number of hydrogen-bond donors (Lipinski definition) is 1. The van der Waals surface area contributed by atoms with Gasteiger partial charge in [0.25, 0.3) is 5.56 Å². The molecule has 1 atom stereocenters. The lowest BCUT2D eigenvalue weighted by molar-refractivity contribution is -0.124. The van der Waals surface area contributed by atoms with Crippen molar-refractivity contribution in [1.29, 1.82) is 0 Å². The average molecular weight is 409 g/mol. The Balaban J connectivity index is 1.82. The van der Waals surface area contributed by atoms with Gasteiger partial charge in [0.1, 0.15) is 5.02 Å². The van der Waals surface area contributed by atoms with Crippen LogP contribution in [0.2, 0.25) is 10.0 Å². The zero-order valence-electron chi connectivity index (χ0n) is 15.3. The molecular weight excluding hydrogens is 387 g/mol. The molecule has 1 aromatic heterocycles. The van der Waals surface area contributed by atoms with E-state index in [1.165, 1.54) is 4.68 Å². The largest absolute Gasteiger partial charge is 0.367 e. The summed E-state index contributed by atoms with van der Waals surface area (Å²) in [7, 11) is 0. The van der Waals surface area contributed by atoms with Crippen LogP contribution in [-0.2, 0) is 4.79 Å². The van der Waals surface area contributed by atoms with E-state index in [2.05, 4.69) is 10.4 Å². The van der Waals surface area contributed by atoms with Gasteiger partial charge in [-0.1, -0.05) is 37.0 Å². The number of nitrogens with one attached hydrogen (secondary N) is 1. The van der Waals surface area contributed by atoms with Gasteiger partial charge in [0.2, 0.25) is 5.91 Å². The summed E-state index contributed by atoms with van der Waals surface area (Å²) >= 11 is 12.3. The lowest BCUT2D eigenvalue weighted by atomic mass is 10.0. The number of nitrogens with zero attached hydrogens (tertiary/aromatic N) is 3. The normalized spacial score (nSPS) is 17.2. The van der Waals surface area contributed by atoms with E-state index >= 15 is 0 Å². The Morgan fingerprint density at radius 1 is 1.26 bits per heavy atom. The fourth-order valence-electron chi connectivity index (χ4n) is 3.09. The number of amides is 1. The maximum absolute atomic E-state index is 12.7. The van der Waals surface area contributed by atoms with Gasteiger partial charge in [-0.25, -0.2) is 0 Å². The third-order valence-corrected chi connectivity index (χ3v) is 5.21. The van der Waals surface area contributed by atoms with Crippen molar-refractivity contribution in [1.82, 2.24) is 15.1 Å². The van der Waals surface area contributed by atoms with Crippen LogP contribution >= 0.6 is 23.2 Å². The van der Waals surface area contributed by atoms with Gasteiger partial charge in [-0.05, 0) is 37.1 Å². The van der Waals surface area contributed by atoms with Crippen LogP contribution in [0.3, 0.4) is 0 Å². The Morgan fingerprint density at radius 2 is 1.96 bits per heavy atom. The van der Waals surface area contributed by atoms with Gasteiger partial charge in [0, 0.05) is 30.1 Å². The van der Waals surface area contributed by atoms with Crippen LogP contribution < -0.4 is 15.8 Å². The number of benzene rings is 1. The molecule has 1 N–H and O–H groups in total. The summed E-state index contributed by atoms with van der Waals surface area (Å²) in [6.07, 6.45) is 3.41. The van der Waals surface area contributed by atoms with Gasteiger partial charge in [-0.3, -0.25) is 9.59 Å². The molecule has 6 nitrogen and oxygen atoms in total. The Labute approximate surface area is 168 Å². The molecular formula is C19H22Cl2N4O2. The second kappa shape index (κ2) is 8.31. The second-order valence-electron chi connectivity index (χ2n) is 6.99. The topological polar surface area (TPSA) is 67.2 Å². The number of aromatic nitrogens is 2. The molecule has 27 heavy (non-hydrogen) atoms. The average Bonchev–Trinajstić information content (AvgIpc) is 2.65. The molecule has 1 aliphatic heterocycles. The standard InChI is InChI=1S/C19H22Cl2N4O2/c1-12(2)18(26)23-14-4-3-9-24(11-14)16-10-22-25(19(27)17(16)21)15-7-5-13(20)6-8-15/h5-8,10,12,14H,3-4,9,11H2,1-2H3,(H,23,26). The summed E-state index contributed by atoms with van der Waals surface area (Å²) in [4.78, 5) is 26.7. The van der Waals surface area contributed by atoms with E-state index in [1.54, 1.807) is 30.5 Å². The highest BCUT2D eigenvalue weighted by Gasteiger charge is 2.25. The van der Waals surface area contributed by atoms with Crippen molar-refractivity contribution < 1.29 is 4.79 Å². The molecule has 1 aliphatic rings. The Hall–Kier alpha value is -2.05. The molecule has 1 fully saturated rings. The molecule has 8 heteroatoms. The lowest BCUT2D eigenvalue weighted by Gasteiger charge is -2.35. The highest BCUT2D eigenvalue weighted by atomic mass is 35.5. The van der Waals surface area contributed by atoms with E-state index in [0.717, 1.165) is 19.4 Å². The first-order chi connectivity index (χ1) is 12.9. The van der Waals surface area contributed by atoms with Crippen molar-refractivity contribution in [3.8, 4) is 5.69 Å². The maximum Gasteiger partial charge on any atom is 0.292 e. The first kappa shape index (κ1) is 19.7. The van der Waals surface area contributed by atoms with Crippen molar-refractivity contribution in [2.45, 2.75) is 32.7 Å². The van der Waals surface area contributed by atoms with Crippen molar-refractivity contribution in [3.63, 3.8) is 0 Å². The van der Waals surface area contributed by atoms with Crippen LogP contribution in [-0.4, -0.2) is 34.8 Å². The zero-order chi connectivity index (χ0) is 19.6. The maximum atomic E-state index is 12.7. The summed E-state index contributed by atoms with van der Waals surface area (Å²) < 4.78 is 1.25. The molecule has 0 bridgehead atoms. The van der Waals surface area contributed by atoms with Crippen molar-refractivity contribution in [3.05, 3.63) is 50.9 Å². The van der Waals surface area contributed by atoms with Gasteiger partial charge in [0.05, 0.1) is 17.6 Å². The smallest absolute Gasteiger partial charge is 0.292 e. The summed E-state index contributed by atoms with van der Waals surface area (Å²) in [6, 6.07) is 6.85. The van der Waals surface area contributed by atoms with Crippen LogP contribution in [0.5, 0.6) is 0 Å². The second-order valence-corrected chi connectivity index (χ2v) is 7.80. The number of rotatable bonds is 4. The van der Waals surface area contributed by atoms with Gasteiger partial charge in [-0.2, -0.15) is 9.78 Å². The van der Waals surface area contributed by atoms with Crippen molar-refractivity contribution in [2.75, 3.05) is 18.0 Å². The number of hydrogen-bond acceptors (Lipinski definition) is 4. The van der Waals surface area contributed by atoms with E-state index in [9.17, 15) is 9.59 Å². The van der Waals surface area contributed by atoms with Crippen molar-refractivity contribution in [2.24, 2.45) is 5.92 Å². The third-order valence-electron chi connectivity index (χ3n) is 4.60. The van der Waals surface area contributed by atoms with Gasteiger partial charge < -0.3 is 10.2 Å². The molecule has 3 rings (SSSR count). The van der Waals surface area contributed by atoms with Gasteiger partial charge in [0.15, 0.2) is 0 Å². The van der Waals surface area contributed by atoms with E-state index in [-0.39, 0.29) is 28.4 Å². The summed E-state index contributed by atoms with van der Waals surface area (Å²) in [5.41, 5.74) is 0.804. The van der Waals surface area contributed by atoms with Gasteiger partial charge in [-0.15, -0.1) is 0 Å². The highest BCUT2D eigenvalue weighted by molar-refractivity contribution is 6.33. The molecule has 0 radical (unpaired) electrons.